The predicted octanol–water partition coefficient (Wildman–Crippen LogP) is 6.21. The fourth-order valence-electron chi connectivity index (χ4n) is 7.90. The van der Waals surface area contributed by atoms with Gasteiger partial charge in [0.15, 0.2) is 0 Å². The third kappa shape index (κ3) is 5.49. The number of aromatic nitrogens is 3. The van der Waals surface area contributed by atoms with Crippen molar-refractivity contribution in [2.45, 2.75) is 71.0 Å². The molecule has 3 aliphatic rings. The number of benzene rings is 2. The number of nitrogens with zero attached hydrogens (tertiary/aromatic N) is 5. The van der Waals surface area contributed by atoms with Crippen LogP contribution in [-0.4, -0.2) is 61.5 Å². The summed E-state index contributed by atoms with van der Waals surface area (Å²) in [6.45, 7) is 8.08. The molecular weight excluding hydrogens is 530 g/mol. The first-order valence-electron chi connectivity index (χ1n) is 16.0. The normalized spacial score (nSPS) is 21.0. The zero-order valence-electron chi connectivity index (χ0n) is 25.8. The van der Waals surface area contributed by atoms with Crippen LogP contribution in [-0.2, 0) is 26.4 Å². The van der Waals surface area contributed by atoms with Gasteiger partial charge in [-0.2, -0.15) is 0 Å². The third-order valence-electron chi connectivity index (χ3n) is 10.0. The van der Waals surface area contributed by atoms with Crippen molar-refractivity contribution in [1.29, 1.82) is 0 Å². The lowest BCUT2D eigenvalue weighted by atomic mass is 9.87. The highest BCUT2D eigenvalue weighted by molar-refractivity contribution is 5.95. The Kier molecular flexibility index (Phi) is 7.56. The van der Waals surface area contributed by atoms with Gasteiger partial charge in [-0.25, -0.2) is 4.98 Å². The Morgan fingerprint density at radius 3 is 2.44 bits per heavy atom. The van der Waals surface area contributed by atoms with Crippen LogP contribution in [0.1, 0.15) is 69.8 Å². The molecule has 2 aromatic carbocycles. The first-order valence-corrected chi connectivity index (χ1v) is 16.0. The van der Waals surface area contributed by atoms with Crippen LogP contribution in [0.25, 0.3) is 5.57 Å². The fourth-order valence-corrected chi connectivity index (χ4v) is 7.90. The number of hydrogen-bond donors (Lipinski definition) is 0. The van der Waals surface area contributed by atoms with Crippen molar-refractivity contribution < 1.29 is 4.79 Å². The molecule has 2 unspecified atom stereocenters. The summed E-state index contributed by atoms with van der Waals surface area (Å²) < 4.78 is 4.63. The van der Waals surface area contributed by atoms with Crippen LogP contribution in [0.15, 0.2) is 78.8 Å². The molecule has 2 aromatic heterocycles. The van der Waals surface area contributed by atoms with Gasteiger partial charge in [0.1, 0.15) is 5.82 Å². The molecule has 7 rings (SSSR count). The summed E-state index contributed by atoms with van der Waals surface area (Å²) in [5, 5.41) is 0. The molecular formula is C37H43N5O. The summed E-state index contributed by atoms with van der Waals surface area (Å²) in [5.74, 6) is 1.31. The Bertz CT molecular complexity index is 1630. The maximum absolute atomic E-state index is 13.9. The summed E-state index contributed by atoms with van der Waals surface area (Å²) >= 11 is 0. The number of hydrogen-bond acceptors (Lipinski definition) is 3. The van der Waals surface area contributed by atoms with Gasteiger partial charge in [-0.05, 0) is 69.7 Å². The number of carbonyl (C=O) groups excluding carboxylic acids is 1. The molecule has 0 N–H and O–H groups in total. The van der Waals surface area contributed by atoms with Gasteiger partial charge in [-0.3, -0.25) is 9.69 Å². The van der Waals surface area contributed by atoms with Crippen molar-refractivity contribution in [2.24, 2.45) is 7.05 Å². The summed E-state index contributed by atoms with van der Waals surface area (Å²) in [6.07, 6.45) is 12.4. The first kappa shape index (κ1) is 27.9. The van der Waals surface area contributed by atoms with E-state index in [1.165, 1.54) is 22.4 Å². The minimum absolute atomic E-state index is 0.180. The first-order chi connectivity index (χ1) is 20.9. The molecule has 2 fully saturated rings. The molecule has 5 heterocycles. The molecule has 2 saturated heterocycles. The molecule has 43 heavy (non-hydrogen) atoms. The lowest BCUT2D eigenvalue weighted by Crippen LogP contribution is -2.53. The molecule has 0 bridgehead atoms. The molecule has 0 radical (unpaired) electrons. The van der Waals surface area contributed by atoms with Crippen molar-refractivity contribution in [1.82, 2.24) is 23.9 Å². The minimum atomic E-state index is 0.180. The fraction of sp³-hybridized carbons (Fsp3) is 0.405. The zero-order chi connectivity index (χ0) is 29.5. The van der Waals surface area contributed by atoms with Crippen molar-refractivity contribution in [2.75, 3.05) is 19.6 Å². The van der Waals surface area contributed by atoms with Crippen LogP contribution >= 0.6 is 0 Å². The smallest absolute Gasteiger partial charge is 0.254 e. The molecule has 0 aliphatic carbocycles. The van der Waals surface area contributed by atoms with E-state index in [9.17, 15) is 4.79 Å². The van der Waals surface area contributed by atoms with Crippen LogP contribution in [0.4, 0.5) is 0 Å². The average molecular weight is 574 g/mol. The van der Waals surface area contributed by atoms with Crippen LogP contribution in [0.2, 0.25) is 0 Å². The average Bonchev–Trinajstić information content (AvgIpc) is 3.59. The van der Waals surface area contributed by atoms with E-state index in [0.717, 1.165) is 87.2 Å². The van der Waals surface area contributed by atoms with Crippen LogP contribution in [0.5, 0.6) is 0 Å². The van der Waals surface area contributed by atoms with Crippen molar-refractivity contribution >= 4 is 11.5 Å². The van der Waals surface area contributed by atoms with Gasteiger partial charge in [0.2, 0.25) is 0 Å². The molecule has 222 valence electrons. The predicted molar refractivity (Wildman–Crippen MR) is 172 cm³/mol. The second-order valence-corrected chi connectivity index (χ2v) is 12.9. The summed E-state index contributed by atoms with van der Waals surface area (Å²) in [4.78, 5) is 23.7. The molecule has 3 aliphatic heterocycles. The quantitative estimate of drug-likeness (QED) is 0.292. The lowest BCUT2D eigenvalue weighted by molar-refractivity contribution is 0.0419. The number of carbonyl (C=O) groups is 1. The van der Waals surface area contributed by atoms with Gasteiger partial charge >= 0.3 is 0 Å². The van der Waals surface area contributed by atoms with Gasteiger partial charge < -0.3 is 14.0 Å². The Balaban J connectivity index is 1.12. The molecule has 6 nitrogen and oxygen atoms in total. The highest BCUT2D eigenvalue weighted by Crippen LogP contribution is 2.37. The summed E-state index contributed by atoms with van der Waals surface area (Å²) in [6, 6.07) is 19.9. The standard InChI is InChI=1S/C37H43N5O/c1-26-21-27(2)23-30(22-26)37(43)42-19-11-31(25-32(42)24-28-7-5-4-6-8-28)40-16-9-29(10-17-40)35-33-12-15-39(3)34(33)13-18-41-20-14-38-36(35)41/h4-8,12,14-15,20-23,31-32H,9-11,13,16-19,24-25H2,1-3H3. The Labute approximate surface area is 255 Å². The number of aryl methyl sites for hydroxylation is 4. The number of rotatable bonds is 4. The van der Waals surface area contributed by atoms with Crippen molar-refractivity contribution in [3.8, 4) is 0 Å². The molecule has 6 heteroatoms. The highest BCUT2D eigenvalue weighted by atomic mass is 16.2. The van der Waals surface area contributed by atoms with Gasteiger partial charge in [0.25, 0.3) is 5.91 Å². The van der Waals surface area contributed by atoms with E-state index in [1.54, 1.807) is 5.57 Å². The van der Waals surface area contributed by atoms with E-state index in [1.807, 2.05) is 6.20 Å². The summed E-state index contributed by atoms with van der Waals surface area (Å²) in [5.41, 5.74) is 10.1. The molecule has 1 amide bonds. The van der Waals surface area contributed by atoms with Gasteiger partial charge in [-0.15, -0.1) is 0 Å². The highest BCUT2D eigenvalue weighted by Gasteiger charge is 2.36. The number of fused-ring (bicyclic) bond motifs is 2. The SMILES string of the molecule is Cc1cc(C)cc(C(=O)N2CCC(N3CCC(=C4c5ccn(C)c5CCn5ccnc54)CC3)CC2Cc2ccccc2)c1. The van der Waals surface area contributed by atoms with E-state index in [0.29, 0.717) is 6.04 Å². The maximum Gasteiger partial charge on any atom is 0.254 e. The van der Waals surface area contributed by atoms with Crippen molar-refractivity contribution in [3.63, 3.8) is 0 Å². The van der Waals surface area contributed by atoms with E-state index >= 15 is 0 Å². The second kappa shape index (κ2) is 11.6. The molecule has 0 spiro atoms. The molecule has 2 atom stereocenters. The topological polar surface area (TPSA) is 46.3 Å². The monoisotopic (exact) mass is 573 g/mol. The molecule has 4 aromatic rings. The number of piperidine rings is 2. The Morgan fingerprint density at radius 1 is 0.907 bits per heavy atom. The number of amides is 1. The van der Waals surface area contributed by atoms with E-state index in [-0.39, 0.29) is 11.9 Å². The Morgan fingerprint density at radius 2 is 1.67 bits per heavy atom. The maximum atomic E-state index is 13.9. The number of imidazole rings is 1. The van der Waals surface area contributed by atoms with Crippen molar-refractivity contribution in [3.05, 3.63) is 118 Å². The zero-order valence-corrected chi connectivity index (χ0v) is 25.8. The second-order valence-electron chi connectivity index (χ2n) is 12.9. The third-order valence-corrected chi connectivity index (χ3v) is 10.0. The molecule has 0 saturated carbocycles. The lowest BCUT2D eigenvalue weighted by Gasteiger charge is -2.45. The van der Waals surface area contributed by atoms with E-state index in [2.05, 4.69) is 107 Å². The van der Waals surface area contributed by atoms with Crippen LogP contribution in [0.3, 0.4) is 0 Å². The number of likely N-dealkylation sites (tertiary alicyclic amines) is 2. The largest absolute Gasteiger partial charge is 0.354 e. The summed E-state index contributed by atoms with van der Waals surface area (Å²) in [7, 11) is 2.17. The van der Waals surface area contributed by atoms with Crippen LogP contribution < -0.4 is 0 Å². The van der Waals surface area contributed by atoms with E-state index in [4.69, 9.17) is 4.98 Å². The Hall–Kier alpha value is -3.90. The van der Waals surface area contributed by atoms with Gasteiger partial charge in [-0.1, -0.05) is 53.1 Å². The van der Waals surface area contributed by atoms with Gasteiger partial charge in [0.05, 0.1) is 0 Å². The van der Waals surface area contributed by atoms with Crippen LogP contribution in [0, 0.1) is 13.8 Å². The minimum Gasteiger partial charge on any atom is -0.354 e. The van der Waals surface area contributed by atoms with Gasteiger partial charge in [0, 0.05) is 92.7 Å². The van der Waals surface area contributed by atoms with E-state index < -0.39 is 0 Å².